The predicted molar refractivity (Wildman–Crippen MR) is 71.9 cm³/mol. The van der Waals surface area contributed by atoms with E-state index in [9.17, 15) is 4.79 Å². The highest BCUT2D eigenvalue weighted by Crippen LogP contribution is 2.30. The zero-order valence-corrected chi connectivity index (χ0v) is 12.1. The molecule has 0 aliphatic carbocycles. The summed E-state index contributed by atoms with van der Waals surface area (Å²) in [4.78, 5) is 15.6. The Labute approximate surface area is 106 Å². The first-order chi connectivity index (χ1) is 7.78. The highest BCUT2D eigenvalue weighted by molar-refractivity contribution is 5.77. The smallest absolute Gasteiger partial charge is 0.236 e. The molecular formula is C14H28N2O. The van der Waals surface area contributed by atoms with Gasteiger partial charge in [0, 0.05) is 14.1 Å². The molecule has 1 amide bonds. The maximum atomic E-state index is 11.6. The van der Waals surface area contributed by atoms with Crippen LogP contribution >= 0.6 is 0 Å². The normalized spacial score (nSPS) is 19.4. The van der Waals surface area contributed by atoms with Crippen LogP contribution < -0.4 is 0 Å². The van der Waals surface area contributed by atoms with Crippen LogP contribution in [-0.2, 0) is 4.79 Å². The first kappa shape index (κ1) is 14.5. The molecule has 3 heteroatoms. The van der Waals surface area contributed by atoms with Gasteiger partial charge in [0.1, 0.15) is 0 Å². The van der Waals surface area contributed by atoms with Gasteiger partial charge in [0.2, 0.25) is 5.91 Å². The van der Waals surface area contributed by atoms with Gasteiger partial charge in [-0.05, 0) is 43.7 Å². The van der Waals surface area contributed by atoms with E-state index in [1.165, 1.54) is 19.3 Å². The molecule has 17 heavy (non-hydrogen) atoms. The second kappa shape index (κ2) is 5.85. The lowest BCUT2D eigenvalue weighted by Gasteiger charge is -2.34. The third-order valence-electron chi connectivity index (χ3n) is 3.47. The van der Waals surface area contributed by atoms with E-state index in [-0.39, 0.29) is 5.91 Å². The summed E-state index contributed by atoms with van der Waals surface area (Å²) in [6, 6.07) is 0. The number of amides is 1. The summed E-state index contributed by atoms with van der Waals surface area (Å²) >= 11 is 0. The van der Waals surface area contributed by atoms with Gasteiger partial charge in [0.15, 0.2) is 0 Å². The van der Waals surface area contributed by atoms with Crippen LogP contribution in [0.25, 0.3) is 0 Å². The lowest BCUT2D eigenvalue weighted by molar-refractivity contribution is -0.130. The monoisotopic (exact) mass is 240 g/mol. The fraction of sp³-hybridized carbons (Fsp3) is 0.929. The third kappa shape index (κ3) is 5.53. The highest BCUT2D eigenvalue weighted by Gasteiger charge is 2.24. The van der Waals surface area contributed by atoms with Crippen molar-refractivity contribution in [3.05, 3.63) is 0 Å². The maximum absolute atomic E-state index is 11.6. The van der Waals surface area contributed by atoms with E-state index in [1.807, 2.05) is 14.1 Å². The Morgan fingerprint density at radius 1 is 1.24 bits per heavy atom. The highest BCUT2D eigenvalue weighted by atomic mass is 16.2. The van der Waals surface area contributed by atoms with Gasteiger partial charge >= 0.3 is 0 Å². The summed E-state index contributed by atoms with van der Waals surface area (Å²) in [5.41, 5.74) is 0.437. The number of hydrogen-bond acceptors (Lipinski definition) is 2. The van der Waals surface area contributed by atoms with Gasteiger partial charge in [-0.15, -0.1) is 0 Å². The molecule has 0 atom stereocenters. The Morgan fingerprint density at radius 2 is 1.76 bits per heavy atom. The fourth-order valence-corrected chi connectivity index (χ4v) is 2.55. The van der Waals surface area contributed by atoms with Crippen molar-refractivity contribution in [1.82, 2.24) is 9.80 Å². The summed E-state index contributed by atoms with van der Waals surface area (Å²) in [6.07, 6.45) is 3.80. The number of nitrogens with zero attached hydrogens (tertiary/aromatic N) is 2. The molecule has 100 valence electrons. The minimum absolute atomic E-state index is 0.222. The zero-order chi connectivity index (χ0) is 13.1. The van der Waals surface area contributed by atoms with Crippen molar-refractivity contribution in [2.24, 2.45) is 11.3 Å². The number of likely N-dealkylation sites (N-methyl/N-ethyl adjacent to an activating group) is 1. The van der Waals surface area contributed by atoms with Gasteiger partial charge in [0.25, 0.3) is 0 Å². The number of carbonyl (C=O) groups is 1. The van der Waals surface area contributed by atoms with Crippen LogP contribution in [-0.4, -0.2) is 49.4 Å². The maximum Gasteiger partial charge on any atom is 0.236 e. The minimum Gasteiger partial charge on any atom is -0.348 e. The summed E-state index contributed by atoms with van der Waals surface area (Å²) in [6.45, 7) is 9.70. The Bertz CT molecular complexity index is 247. The first-order valence-electron chi connectivity index (χ1n) is 6.70. The molecule has 0 aromatic heterocycles. The zero-order valence-electron chi connectivity index (χ0n) is 12.1. The van der Waals surface area contributed by atoms with Crippen molar-refractivity contribution in [3.8, 4) is 0 Å². The number of hydrogen-bond donors (Lipinski definition) is 0. The minimum atomic E-state index is 0.222. The van der Waals surface area contributed by atoms with Crippen molar-refractivity contribution in [2.75, 3.05) is 33.7 Å². The second-order valence-corrected chi connectivity index (χ2v) is 6.77. The first-order valence-corrected chi connectivity index (χ1v) is 6.70. The van der Waals surface area contributed by atoms with Crippen LogP contribution in [0.1, 0.15) is 40.0 Å². The summed E-state index contributed by atoms with van der Waals surface area (Å²) in [5.74, 6) is 1.07. The Kier molecular flexibility index (Phi) is 4.99. The third-order valence-corrected chi connectivity index (χ3v) is 3.47. The van der Waals surface area contributed by atoms with E-state index < -0.39 is 0 Å². The Hall–Kier alpha value is -0.570. The fourth-order valence-electron chi connectivity index (χ4n) is 2.55. The van der Waals surface area contributed by atoms with E-state index in [0.717, 1.165) is 19.0 Å². The molecule has 0 N–H and O–H groups in total. The molecule has 0 aromatic rings. The van der Waals surface area contributed by atoms with E-state index in [0.29, 0.717) is 12.0 Å². The summed E-state index contributed by atoms with van der Waals surface area (Å²) in [5, 5.41) is 0. The molecule has 3 nitrogen and oxygen atoms in total. The van der Waals surface area contributed by atoms with Crippen molar-refractivity contribution in [3.63, 3.8) is 0 Å². The average molecular weight is 240 g/mol. The van der Waals surface area contributed by atoms with Crippen LogP contribution in [0.5, 0.6) is 0 Å². The SMILES string of the molecule is CN(C)C(=O)CN1CCC(CC(C)(C)C)CC1. The second-order valence-electron chi connectivity index (χ2n) is 6.77. The van der Waals surface area contributed by atoms with E-state index in [1.54, 1.807) is 4.90 Å². The summed E-state index contributed by atoms with van der Waals surface area (Å²) < 4.78 is 0. The van der Waals surface area contributed by atoms with E-state index in [2.05, 4.69) is 25.7 Å². The molecule has 0 saturated carbocycles. The molecule has 1 fully saturated rings. The average Bonchev–Trinajstić information content (AvgIpc) is 2.18. The molecule has 0 spiro atoms. The summed E-state index contributed by atoms with van der Waals surface area (Å²) in [7, 11) is 3.66. The van der Waals surface area contributed by atoms with Crippen molar-refractivity contribution in [1.29, 1.82) is 0 Å². The van der Waals surface area contributed by atoms with Crippen LogP contribution in [0.3, 0.4) is 0 Å². The molecule has 1 aliphatic heterocycles. The van der Waals surface area contributed by atoms with Gasteiger partial charge in [-0.25, -0.2) is 0 Å². The lowest BCUT2D eigenvalue weighted by Crippen LogP contribution is -2.41. The number of likely N-dealkylation sites (tertiary alicyclic amines) is 1. The Balaban J connectivity index is 2.29. The number of rotatable bonds is 3. The van der Waals surface area contributed by atoms with Gasteiger partial charge in [-0.2, -0.15) is 0 Å². The van der Waals surface area contributed by atoms with Gasteiger partial charge in [-0.1, -0.05) is 20.8 Å². The molecule has 1 aliphatic rings. The topological polar surface area (TPSA) is 23.6 Å². The van der Waals surface area contributed by atoms with Crippen molar-refractivity contribution < 1.29 is 4.79 Å². The van der Waals surface area contributed by atoms with E-state index in [4.69, 9.17) is 0 Å². The molecule has 0 bridgehead atoms. The van der Waals surface area contributed by atoms with Gasteiger partial charge in [0.05, 0.1) is 6.54 Å². The van der Waals surface area contributed by atoms with Crippen LogP contribution in [0.2, 0.25) is 0 Å². The van der Waals surface area contributed by atoms with Gasteiger partial charge < -0.3 is 4.90 Å². The largest absolute Gasteiger partial charge is 0.348 e. The molecular weight excluding hydrogens is 212 g/mol. The standard InChI is InChI=1S/C14H28N2O/c1-14(2,3)10-12-6-8-16(9-7-12)11-13(17)15(4)5/h12H,6-11H2,1-5H3. The number of carbonyl (C=O) groups excluding carboxylic acids is 1. The molecule has 1 saturated heterocycles. The quantitative estimate of drug-likeness (QED) is 0.755. The molecule has 1 heterocycles. The van der Waals surface area contributed by atoms with Crippen LogP contribution in [0, 0.1) is 11.3 Å². The lowest BCUT2D eigenvalue weighted by atomic mass is 9.80. The Morgan fingerprint density at radius 3 is 2.18 bits per heavy atom. The molecule has 1 rings (SSSR count). The van der Waals surface area contributed by atoms with E-state index >= 15 is 0 Å². The van der Waals surface area contributed by atoms with Gasteiger partial charge in [-0.3, -0.25) is 9.69 Å². The van der Waals surface area contributed by atoms with Crippen LogP contribution in [0.15, 0.2) is 0 Å². The molecule has 0 unspecified atom stereocenters. The molecule has 0 aromatic carbocycles. The van der Waals surface area contributed by atoms with Crippen molar-refractivity contribution in [2.45, 2.75) is 40.0 Å². The van der Waals surface area contributed by atoms with Crippen molar-refractivity contribution >= 4 is 5.91 Å². The number of piperidine rings is 1. The molecule has 0 radical (unpaired) electrons. The predicted octanol–water partition coefficient (Wildman–Crippen LogP) is 2.22. The van der Waals surface area contributed by atoms with Crippen LogP contribution in [0.4, 0.5) is 0 Å².